The molecule has 2 heterocycles. The summed E-state index contributed by atoms with van der Waals surface area (Å²) in [5, 5.41) is 0. The highest BCUT2D eigenvalue weighted by Gasteiger charge is 2.13. The first-order chi connectivity index (χ1) is 13.2. The average molecular weight is 361 g/mol. The van der Waals surface area contributed by atoms with Crippen LogP contribution in [0.25, 0.3) is 0 Å². The standard InChI is InChI=1S/C22H27N5/c1-4-27(17-20-8-6-5-7-9-20)22-24-18(2)16-21(25-22)26(3)15-12-19-10-13-23-14-11-19/h5-11,13-14,16H,4,12,15,17H2,1-3H3. The zero-order valence-electron chi connectivity index (χ0n) is 16.3. The van der Waals surface area contributed by atoms with Gasteiger partial charge >= 0.3 is 0 Å². The summed E-state index contributed by atoms with van der Waals surface area (Å²) in [5.41, 5.74) is 3.52. The number of hydrogen-bond acceptors (Lipinski definition) is 5. The Morgan fingerprint density at radius 2 is 1.67 bits per heavy atom. The van der Waals surface area contributed by atoms with Gasteiger partial charge in [-0.1, -0.05) is 30.3 Å². The van der Waals surface area contributed by atoms with Crippen molar-refractivity contribution in [2.75, 3.05) is 29.9 Å². The van der Waals surface area contributed by atoms with Crippen LogP contribution >= 0.6 is 0 Å². The SMILES string of the molecule is CCN(Cc1ccccc1)c1nc(C)cc(N(C)CCc2ccncc2)n1. The van der Waals surface area contributed by atoms with Gasteiger partial charge < -0.3 is 9.80 Å². The summed E-state index contributed by atoms with van der Waals surface area (Å²) in [6.45, 7) is 6.73. The van der Waals surface area contributed by atoms with Gasteiger partial charge in [0, 0.05) is 50.8 Å². The van der Waals surface area contributed by atoms with E-state index in [1.807, 2.05) is 31.5 Å². The summed E-state index contributed by atoms with van der Waals surface area (Å²) in [7, 11) is 2.08. The van der Waals surface area contributed by atoms with Gasteiger partial charge in [-0.2, -0.15) is 4.98 Å². The van der Waals surface area contributed by atoms with Crippen LogP contribution in [-0.2, 0) is 13.0 Å². The molecule has 0 saturated carbocycles. The molecule has 2 aromatic heterocycles. The Kier molecular flexibility index (Phi) is 6.36. The van der Waals surface area contributed by atoms with Crippen LogP contribution in [0.1, 0.15) is 23.7 Å². The Balaban J connectivity index is 1.74. The normalized spacial score (nSPS) is 10.6. The van der Waals surface area contributed by atoms with Crippen molar-refractivity contribution in [2.24, 2.45) is 0 Å². The number of aryl methyl sites for hydroxylation is 1. The van der Waals surface area contributed by atoms with Gasteiger partial charge in [0.2, 0.25) is 5.95 Å². The van der Waals surface area contributed by atoms with Crippen LogP contribution in [0.5, 0.6) is 0 Å². The monoisotopic (exact) mass is 361 g/mol. The maximum absolute atomic E-state index is 4.84. The fourth-order valence-corrected chi connectivity index (χ4v) is 2.96. The fourth-order valence-electron chi connectivity index (χ4n) is 2.96. The summed E-state index contributed by atoms with van der Waals surface area (Å²) in [6, 6.07) is 16.6. The van der Waals surface area contributed by atoms with Crippen LogP contribution in [0.15, 0.2) is 60.9 Å². The first-order valence-electron chi connectivity index (χ1n) is 9.40. The Hall–Kier alpha value is -2.95. The molecule has 0 fully saturated rings. The number of nitrogens with zero attached hydrogens (tertiary/aromatic N) is 5. The van der Waals surface area contributed by atoms with Crippen LogP contribution in [0.3, 0.4) is 0 Å². The molecule has 0 radical (unpaired) electrons. The van der Waals surface area contributed by atoms with Gasteiger partial charge in [-0.15, -0.1) is 0 Å². The molecule has 0 unspecified atom stereocenters. The van der Waals surface area contributed by atoms with E-state index in [1.165, 1.54) is 11.1 Å². The molecular weight excluding hydrogens is 334 g/mol. The molecule has 0 aliphatic carbocycles. The molecule has 0 saturated heterocycles. The van der Waals surface area contributed by atoms with Gasteiger partial charge in [-0.3, -0.25) is 4.98 Å². The summed E-state index contributed by atoms with van der Waals surface area (Å²) in [6.07, 6.45) is 4.63. The highest BCUT2D eigenvalue weighted by atomic mass is 15.3. The summed E-state index contributed by atoms with van der Waals surface area (Å²) in [4.78, 5) is 18.0. The quantitative estimate of drug-likeness (QED) is 0.609. The van der Waals surface area contributed by atoms with Gasteiger partial charge in [-0.25, -0.2) is 4.98 Å². The lowest BCUT2D eigenvalue weighted by Crippen LogP contribution is -2.27. The van der Waals surface area contributed by atoms with E-state index in [9.17, 15) is 0 Å². The first kappa shape index (κ1) is 18.8. The molecule has 0 atom stereocenters. The van der Waals surface area contributed by atoms with E-state index in [0.29, 0.717) is 0 Å². The van der Waals surface area contributed by atoms with Crippen LogP contribution in [0, 0.1) is 6.92 Å². The van der Waals surface area contributed by atoms with Crippen molar-refractivity contribution in [3.8, 4) is 0 Å². The maximum Gasteiger partial charge on any atom is 0.227 e. The third-order valence-corrected chi connectivity index (χ3v) is 4.59. The van der Waals surface area contributed by atoms with Crippen molar-refractivity contribution in [1.29, 1.82) is 0 Å². The Morgan fingerprint density at radius 3 is 2.37 bits per heavy atom. The number of benzene rings is 1. The predicted molar refractivity (Wildman–Crippen MR) is 111 cm³/mol. The molecular formula is C22H27N5. The second kappa shape index (κ2) is 9.12. The van der Waals surface area contributed by atoms with E-state index < -0.39 is 0 Å². The number of pyridine rings is 1. The molecule has 5 heteroatoms. The van der Waals surface area contributed by atoms with Gasteiger partial charge in [0.25, 0.3) is 0 Å². The van der Waals surface area contributed by atoms with Crippen molar-refractivity contribution in [3.63, 3.8) is 0 Å². The van der Waals surface area contributed by atoms with Gasteiger partial charge in [-0.05, 0) is 43.5 Å². The minimum Gasteiger partial charge on any atom is -0.359 e. The van der Waals surface area contributed by atoms with Crippen LogP contribution < -0.4 is 9.80 Å². The Bertz CT molecular complexity index is 836. The number of likely N-dealkylation sites (N-methyl/N-ethyl adjacent to an activating group) is 1. The van der Waals surface area contributed by atoms with Gasteiger partial charge in [0.05, 0.1) is 0 Å². The largest absolute Gasteiger partial charge is 0.359 e. The van der Waals surface area contributed by atoms with E-state index in [4.69, 9.17) is 4.98 Å². The van der Waals surface area contributed by atoms with Crippen molar-refractivity contribution in [2.45, 2.75) is 26.8 Å². The number of aromatic nitrogens is 3. The molecule has 0 N–H and O–H groups in total. The van der Waals surface area contributed by atoms with Crippen LogP contribution in [0.2, 0.25) is 0 Å². The molecule has 3 rings (SSSR count). The second-order valence-electron chi connectivity index (χ2n) is 6.69. The maximum atomic E-state index is 4.84. The molecule has 0 aliphatic rings. The Labute approximate surface area is 161 Å². The van der Waals surface area contributed by atoms with Crippen LogP contribution in [-0.4, -0.2) is 35.1 Å². The number of anilines is 2. The van der Waals surface area contributed by atoms with Crippen molar-refractivity contribution >= 4 is 11.8 Å². The molecule has 0 amide bonds. The fraction of sp³-hybridized carbons (Fsp3) is 0.318. The van der Waals surface area contributed by atoms with E-state index in [-0.39, 0.29) is 0 Å². The first-order valence-corrected chi connectivity index (χ1v) is 9.40. The van der Waals surface area contributed by atoms with Crippen molar-refractivity contribution in [3.05, 3.63) is 77.7 Å². The van der Waals surface area contributed by atoms with Crippen molar-refractivity contribution < 1.29 is 0 Å². The smallest absolute Gasteiger partial charge is 0.227 e. The molecule has 140 valence electrons. The third-order valence-electron chi connectivity index (χ3n) is 4.59. The second-order valence-corrected chi connectivity index (χ2v) is 6.69. The summed E-state index contributed by atoms with van der Waals surface area (Å²) >= 11 is 0. The van der Waals surface area contributed by atoms with E-state index >= 15 is 0 Å². The molecule has 5 nitrogen and oxygen atoms in total. The molecule has 27 heavy (non-hydrogen) atoms. The van der Waals surface area contributed by atoms with Gasteiger partial charge in [0.15, 0.2) is 0 Å². The van der Waals surface area contributed by atoms with Crippen LogP contribution in [0.4, 0.5) is 11.8 Å². The molecule has 3 aromatic rings. The molecule has 0 bridgehead atoms. The molecule has 0 aliphatic heterocycles. The zero-order chi connectivity index (χ0) is 19.1. The van der Waals surface area contributed by atoms with Crippen molar-refractivity contribution in [1.82, 2.24) is 15.0 Å². The minimum absolute atomic E-state index is 0.784. The zero-order valence-corrected chi connectivity index (χ0v) is 16.3. The third kappa shape index (κ3) is 5.26. The van der Waals surface area contributed by atoms with E-state index in [0.717, 1.165) is 43.5 Å². The number of rotatable bonds is 8. The molecule has 1 aromatic carbocycles. The number of hydrogen-bond donors (Lipinski definition) is 0. The topological polar surface area (TPSA) is 45.2 Å². The highest BCUT2D eigenvalue weighted by Crippen LogP contribution is 2.19. The minimum atomic E-state index is 0.784. The lowest BCUT2D eigenvalue weighted by atomic mass is 10.2. The average Bonchev–Trinajstić information content (AvgIpc) is 2.71. The highest BCUT2D eigenvalue weighted by molar-refractivity contribution is 5.46. The molecule has 0 spiro atoms. The predicted octanol–water partition coefficient (Wildman–Crippen LogP) is 3.89. The summed E-state index contributed by atoms with van der Waals surface area (Å²) < 4.78 is 0. The van der Waals surface area contributed by atoms with Gasteiger partial charge in [0.1, 0.15) is 5.82 Å². The lowest BCUT2D eigenvalue weighted by molar-refractivity contribution is 0.777. The summed E-state index contributed by atoms with van der Waals surface area (Å²) in [5.74, 6) is 1.74. The van der Waals surface area contributed by atoms with E-state index in [1.54, 1.807) is 0 Å². The Morgan fingerprint density at radius 1 is 0.926 bits per heavy atom. The lowest BCUT2D eigenvalue weighted by Gasteiger charge is -2.24. The van der Waals surface area contributed by atoms with E-state index in [2.05, 4.69) is 70.1 Å².